The molecular formula is C9H11N7O4S. The number of sulfonamides is 1. The number of nitrogens with one attached hydrogen (secondary N) is 2. The van der Waals surface area contributed by atoms with E-state index in [4.69, 9.17) is 5.73 Å². The number of tetrazole rings is 1. The van der Waals surface area contributed by atoms with E-state index >= 15 is 0 Å². The van der Waals surface area contributed by atoms with Crippen LogP contribution in [0.3, 0.4) is 0 Å². The van der Waals surface area contributed by atoms with Crippen molar-refractivity contribution in [1.29, 1.82) is 0 Å². The quantitative estimate of drug-likeness (QED) is 0.384. The Bertz CT molecular complexity index is 758. The molecule has 112 valence electrons. The normalized spacial score (nSPS) is 13.0. The van der Waals surface area contributed by atoms with Gasteiger partial charge < -0.3 is 5.73 Å². The first kappa shape index (κ1) is 14.8. The highest BCUT2D eigenvalue weighted by Gasteiger charge is 2.30. The van der Waals surface area contributed by atoms with Crippen LogP contribution in [-0.2, 0) is 10.0 Å². The van der Waals surface area contributed by atoms with E-state index in [1.54, 1.807) is 0 Å². The van der Waals surface area contributed by atoms with Gasteiger partial charge in [0.1, 0.15) is 5.69 Å². The van der Waals surface area contributed by atoms with Crippen molar-refractivity contribution in [3.63, 3.8) is 0 Å². The van der Waals surface area contributed by atoms with Gasteiger partial charge in [0.05, 0.1) is 11.0 Å². The Morgan fingerprint density at radius 3 is 2.76 bits per heavy atom. The van der Waals surface area contributed by atoms with Crippen molar-refractivity contribution >= 4 is 21.4 Å². The van der Waals surface area contributed by atoms with Gasteiger partial charge in [-0.1, -0.05) is 11.3 Å². The number of benzene rings is 1. The molecular weight excluding hydrogens is 302 g/mol. The summed E-state index contributed by atoms with van der Waals surface area (Å²) in [4.78, 5) is 9.63. The van der Waals surface area contributed by atoms with E-state index in [1.807, 2.05) is 0 Å². The number of nitro groups is 1. The van der Waals surface area contributed by atoms with Gasteiger partial charge >= 0.3 is 5.69 Å². The van der Waals surface area contributed by atoms with E-state index < -0.39 is 31.6 Å². The molecule has 1 unspecified atom stereocenters. The van der Waals surface area contributed by atoms with Crippen molar-refractivity contribution in [3.8, 4) is 0 Å². The minimum Gasteiger partial charge on any atom is -0.393 e. The summed E-state index contributed by atoms with van der Waals surface area (Å²) >= 11 is 0. The van der Waals surface area contributed by atoms with Crippen LogP contribution in [0, 0.1) is 10.1 Å². The first-order valence-corrected chi connectivity index (χ1v) is 7.10. The Morgan fingerprint density at radius 1 is 1.48 bits per heavy atom. The molecule has 0 aliphatic carbocycles. The van der Waals surface area contributed by atoms with Crippen LogP contribution >= 0.6 is 0 Å². The monoisotopic (exact) mass is 313 g/mol. The topological polar surface area (TPSA) is 170 Å². The number of rotatable bonds is 5. The van der Waals surface area contributed by atoms with Gasteiger partial charge in [-0.15, -0.1) is 10.2 Å². The van der Waals surface area contributed by atoms with Crippen molar-refractivity contribution in [2.75, 3.05) is 5.73 Å². The highest BCUT2D eigenvalue weighted by molar-refractivity contribution is 7.89. The highest BCUT2D eigenvalue weighted by Crippen LogP contribution is 2.30. The molecule has 2 aromatic rings. The van der Waals surface area contributed by atoms with Crippen LogP contribution in [0.15, 0.2) is 23.1 Å². The maximum Gasteiger partial charge on any atom is 0.312 e. The third-order valence-electron chi connectivity index (χ3n) is 2.58. The predicted molar refractivity (Wildman–Crippen MR) is 70.4 cm³/mol. The summed E-state index contributed by atoms with van der Waals surface area (Å²) < 4.78 is 26.7. The number of nitro benzene ring substituents is 1. The first-order valence-electron chi connectivity index (χ1n) is 5.61. The summed E-state index contributed by atoms with van der Waals surface area (Å²) in [5, 5.41) is 23.8. The second-order valence-electron chi connectivity index (χ2n) is 4.06. The van der Waals surface area contributed by atoms with Gasteiger partial charge in [-0.05, 0) is 19.1 Å². The molecule has 0 fully saturated rings. The molecule has 0 aliphatic rings. The maximum atomic E-state index is 12.3. The molecule has 21 heavy (non-hydrogen) atoms. The van der Waals surface area contributed by atoms with Crippen LogP contribution in [0.25, 0.3) is 0 Å². The number of para-hydroxylation sites is 1. The summed E-state index contributed by atoms with van der Waals surface area (Å²) in [5.74, 6) is 0.102. The SMILES string of the molecule is CC(NS(=O)(=O)c1cccc(N)c1[N+](=O)[O-])c1nn[nH]n1. The zero-order valence-corrected chi connectivity index (χ0v) is 11.5. The number of hydrogen-bond donors (Lipinski definition) is 3. The van der Waals surface area contributed by atoms with Crippen molar-refractivity contribution < 1.29 is 13.3 Å². The third-order valence-corrected chi connectivity index (χ3v) is 4.16. The molecule has 0 aliphatic heterocycles. The molecule has 0 bridgehead atoms. The minimum absolute atomic E-state index is 0.102. The van der Waals surface area contributed by atoms with Crippen LogP contribution in [0.4, 0.5) is 11.4 Å². The van der Waals surface area contributed by atoms with Crippen molar-refractivity contribution in [2.45, 2.75) is 17.9 Å². The van der Waals surface area contributed by atoms with E-state index in [9.17, 15) is 18.5 Å². The lowest BCUT2D eigenvalue weighted by molar-refractivity contribution is -0.386. The second kappa shape index (κ2) is 5.41. The molecule has 11 nitrogen and oxygen atoms in total. The second-order valence-corrected chi connectivity index (χ2v) is 5.75. The smallest absolute Gasteiger partial charge is 0.312 e. The van der Waals surface area contributed by atoms with Gasteiger partial charge in [-0.3, -0.25) is 10.1 Å². The average molecular weight is 313 g/mol. The molecule has 1 aromatic carbocycles. The van der Waals surface area contributed by atoms with E-state index in [0.29, 0.717) is 0 Å². The largest absolute Gasteiger partial charge is 0.393 e. The van der Waals surface area contributed by atoms with Gasteiger partial charge in [0.2, 0.25) is 10.0 Å². The maximum absolute atomic E-state index is 12.3. The van der Waals surface area contributed by atoms with Crippen LogP contribution < -0.4 is 10.5 Å². The van der Waals surface area contributed by atoms with Gasteiger partial charge in [0.15, 0.2) is 10.7 Å². The minimum atomic E-state index is -4.18. The number of nitrogens with zero attached hydrogens (tertiary/aromatic N) is 4. The molecule has 4 N–H and O–H groups in total. The molecule has 2 rings (SSSR count). The summed E-state index contributed by atoms with van der Waals surface area (Å²) in [7, 11) is -4.18. The van der Waals surface area contributed by atoms with Crippen LogP contribution in [0.2, 0.25) is 0 Å². The molecule has 0 saturated heterocycles. The fraction of sp³-hybridized carbons (Fsp3) is 0.222. The van der Waals surface area contributed by atoms with Crippen molar-refractivity contribution in [2.24, 2.45) is 0 Å². The van der Waals surface area contributed by atoms with Crippen molar-refractivity contribution in [3.05, 3.63) is 34.1 Å². The lowest BCUT2D eigenvalue weighted by Crippen LogP contribution is -2.28. The number of hydrogen-bond acceptors (Lipinski definition) is 8. The predicted octanol–water partition coefficient (Wildman–Crippen LogP) is -0.270. The lowest BCUT2D eigenvalue weighted by Gasteiger charge is -2.11. The van der Waals surface area contributed by atoms with Crippen LogP contribution in [0.5, 0.6) is 0 Å². The number of H-pyrrole nitrogens is 1. The third kappa shape index (κ3) is 2.95. The highest BCUT2D eigenvalue weighted by atomic mass is 32.2. The average Bonchev–Trinajstić information content (AvgIpc) is 2.91. The zero-order valence-electron chi connectivity index (χ0n) is 10.7. The number of anilines is 1. The number of aromatic amines is 1. The lowest BCUT2D eigenvalue weighted by atomic mass is 10.3. The Morgan fingerprint density at radius 2 is 2.19 bits per heavy atom. The van der Waals surface area contributed by atoms with E-state index in [1.165, 1.54) is 19.1 Å². The Balaban J connectivity index is 2.41. The van der Waals surface area contributed by atoms with Crippen molar-refractivity contribution in [1.82, 2.24) is 25.3 Å². The number of nitrogen functional groups attached to an aromatic ring is 1. The Labute approximate surface area is 118 Å². The molecule has 1 aromatic heterocycles. The van der Waals surface area contributed by atoms with Crippen LogP contribution in [0.1, 0.15) is 18.8 Å². The molecule has 12 heteroatoms. The summed E-state index contributed by atoms with van der Waals surface area (Å²) in [5.41, 5.74) is 4.55. The summed E-state index contributed by atoms with van der Waals surface area (Å²) in [6, 6.07) is 2.84. The summed E-state index contributed by atoms with van der Waals surface area (Å²) in [6.07, 6.45) is 0. The molecule has 1 heterocycles. The van der Waals surface area contributed by atoms with Gasteiger partial charge in [-0.25, -0.2) is 13.1 Å². The van der Waals surface area contributed by atoms with E-state index in [-0.39, 0.29) is 11.5 Å². The zero-order chi connectivity index (χ0) is 15.6. The van der Waals surface area contributed by atoms with Gasteiger partial charge in [0, 0.05) is 0 Å². The van der Waals surface area contributed by atoms with E-state index in [2.05, 4.69) is 25.3 Å². The fourth-order valence-corrected chi connectivity index (χ4v) is 3.06. The van der Waals surface area contributed by atoms with Gasteiger partial charge in [-0.2, -0.15) is 5.21 Å². The molecule has 0 saturated carbocycles. The van der Waals surface area contributed by atoms with Gasteiger partial charge in [0.25, 0.3) is 0 Å². The first-order chi connectivity index (χ1) is 9.83. The van der Waals surface area contributed by atoms with E-state index in [0.717, 1.165) is 6.07 Å². The Hall–Kier alpha value is -2.60. The Kier molecular flexibility index (Phi) is 3.82. The number of aromatic nitrogens is 4. The molecule has 0 spiro atoms. The number of nitrogens with two attached hydrogens (primary N) is 1. The molecule has 0 amide bonds. The summed E-state index contributed by atoms with van der Waals surface area (Å²) in [6.45, 7) is 1.47. The fourth-order valence-electron chi connectivity index (χ4n) is 1.65. The standard InChI is InChI=1S/C9H11N7O4S/c1-5(9-11-14-15-12-9)13-21(19,20)7-4-2-3-6(10)8(7)16(17)18/h2-5,13H,10H2,1H3,(H,11,12,14,15). The molecule has 0 radical (unpaired) electrons. The molecule has 1 atom stereocenters. The van der Waals surface area contributed by atoms with Crippen LogP contribution in [-0.4, -0.2) is 34.0 Å².